The summed E-state index contributed by atoms with van der Waals surface area (Å²) in [6, 6.07) is 9.37. The number of aryl methyl sites for hydroxylation is 1. The van der Waals surface area contributed by atoms with Crippen molar-refractivity contribution >= 4 is 5.91 Å². The van der Waals surface area contributed by atoms with E-state index in [0.29, 0.717) is 32.8 Å². The van der Waals surface area contributed by atoms with Crippen LogP contribution >= 0.6 is 0 Å². The summed E-state index contributed by atoms with van der Waals surface area (Å²) >= 11 is 0. The summed E-state index contributed by atoms with van der Waals surface area (Å²) in [6.07, 6.45) is 2.11. The zero-order chi connectivity index (χ0) is 16.1. The smallest absolute Gasteiger partial charge is 0.226 e. The van der Waals surface area contributed by atoms with E-state index < -0.39 is 0 Å². The zero-order valence-corrected chi connectivity index (χ0v) is 13.2. The number of benzene rings is 1. The van der Waals surface area contributed by atoms with Gasteiger partial charge in [-0.05, 0) is 19.1 Å². The number of para-hydroxylation sites is 1. The Labute approximate surface area is 135 Å². The lowest BCUT2D eigenvalue weighted by molar-refractivity contribution is -0.141. The maximum absolute atomic E-state index is 12.5. The first kappa shape index (κ1) is 15.6. The highest BCUT2D eigenvalue weighted by atomic mass is 16.5. The van der Waals surface area contributed by atoms with Crippen molar-refractivity contribution in [2.45, 2.75) is 19.4 Å². The molecule has 1 aliphatic heterocycles. The highest BCUT2D eigenvalue weighted by Crippen LogP contribution is 2.22. The third-order valence-electron chi connectivity index (χ3n) is 3.81. The number of ether oxygens (including phenoxy) is 2. The SMILES string of the molecule is Cc1cnc(C2COCCN2C(=O)CCOc2ccccc2)[nH]1. The fourth-order valence-corrected chi connectivity index (χ4v) is 2.65. The molecule has 3 rings (SSSR count). The van der Waals surface area contributed by atoms with Crippen molar-refractivity contribution < 1.29 is 14.3 Å². The number of aromatic amines is 1. The number of morpholine rings is 1. The van der Waals surface area contributed by atoms with Gasteiger partial charge in [-0.2, -0.15) is 0 Å². The molecule has 0 spiro atoms. The zero-order valence-electron chi connectivity index (χ0n) is 13.2. The number of nitrogens with one attached hydrogen (secondary N) is 1. The molecule has 0 bridgehead atoms. The number of hydrogen-bond donors (Lipinski definition) is 1. The Morgan fingerprint density at radius 1 is 1.43 bits per heavy atom. The van der Waals surface area contributed by atoms with Crippen molar-refractivity contribution in [3.63, 3.8) is 0 Å². The summed E-state index contributed by atoms with van der Waals surface area (Å²) in [4.78, 5) is 21.9. The first-order valence-electron chi connectivity index (χ1n) is 7.80. The summed E-state index contributed by atoms with van der Waals surface area (Å²) < 4.78 is 11.1. The van der Waals surface area contributed by atoms with Gasteiger partial charge in [0.15, 0.2) is 0 Å². The molecule has 1 aromatic heterocycles. The van der Waals surface area contributed by atoms with Crippen molar-refractivity contribution in [3.8, 4) is 5.75 Å². The van der Waals surface area contributed by atoms with E-state index in [1.807, 2.05) is 42.2 Å². The van der Waals surface area contributed by atoms with Crippen LogP contribution in [0.3, 0.4) is 0 Å². The van der Waals surface area contributed by atoms with Gasteiger partial charge in [0.05, 0.1) is 26.2 Å². The highest BCUT2D eigenvalue weighted by molar-refractivity contribution is 5.76. The average molecular weight is 315 g/mol. The molecule has 6 heteroatoms. The van der Waals surface area contributed by atoms with E-state index in [1.54, 1.807) is 6.20 Å². The molecule has 2 heterocycles. The van der Waals surface area contributed by atoms with Gasteiger partial charge in [0.2, 0.25) is 5.91 Å². The Kier molecular flexibility index (Phi) is 4.92. The van der Waals surface area contributed by atoms with E-state index in [0.717, 1.165) is 17.3 Å². The van der Waals surface area contributed by atoms with E-state index in [4.69, 9.17) is 9.47 Å². The minimum Gasteiger partial charge on any atom is -0.493 e. The Hall–Kier alpha value is -2.34. The third kappa shape index (κ3) is 3.90. The number of amides is 1. The molecule has 1 amide bonds. The maximum atomic E-state index is 12.5. The molecule has 1 unspecified atom stereocenters. The molecule has 1 N–H and O–H groups in total. The summed E-state index contributed by atoms with van der Waals surface area (Å²) in [5.41, 5.74) is 0.977. The van der Waals surface area contributed by atoms with Gasteiger partial charge in [0.1, 0.15) is 17.6 Å². The van der Waals surface area contributed by atoms with Crippen LogP contribution in [0.15, 0.2) is 36.5 Å². The number of hydrogen-bond acceptors (Lipinski definition) is 4. The van der Waals surface area contributed by atoms with Crippen LogP contribution in [0.1, 0.15) is 24.0 Å². The summed E-state index contributed by atoms with van der Waals surface area (Å²) in [6.45, 7) is 3.92. The normalized spacial score (nSPS) is 18.0. The van der Waals surface area contributed by atoms with Gasteiger partial charge in [0, 0.05) is 18.4 Å². The second-order valence-corrected chi connectivity index (χ2v) is 5.54. The Morgan fingerprint density at radius 3 is 3.00 bits per heavy atom. The monoisotopic (exact) mass is 315 g/mol. The molecule has 23 heavy (non-hydrogen) atoms. The van der Waals surface area contributed by atoms with E-state index in [1.165, 1.54) is 0 Å². The van der Waals surface area contributed by atoms with Crippen LogP contribution in [0.5, 0.6) is 5.75 Å². The van der Waals surface area contributed by atoms with Gasteiger partial charge in [0.25, 0.3) is 0 Å². The van der Waals surface area contributed by atoms with Crippen molar-refractivity contribution in [1.82, 2.24) is 14.9 Å². The maximum Gasteiger partial charge on any atom is 0.226 e. The number of nitrogens with zero attached hydrogens (tertiary/aromatic N) is 2. The van der Waals surface area contributed by atoms with Crippen LogP contribution in [0.2, 0.25) is 0 Å². The average Bonchev–Trinajstić information content (AvgIpc) is 3.02. The second-order valence-electron chi connectivity index (χ2n) is 5.54. The number of H-pyrrole nitrogens is 1. The highest BCUT2D eigenvalue weighted by Gasteiger charge is 2.30. The number of imidazole rings is 1. The predicted octanol–water partition coefficient (Wildman–Crippen LogP) is 2.09. The fraction of sp³-hybridized carbons (Fsp3) is 0.412. The van der Waals surface area contributed by atoms with E-state index in [2.05, 4.69) is 9.97 Å². The van der Waals surface area contributed by atoms with Crippen molar-refractivity contribution in [2.24, 2.45) is 0 Å². The second kappa shape index (κ2) is 7.28. The van der Waals surface area contributed by atoms with Crippen LogP contribution < -0.4 is 4.74 Å². The first-order valence-corrected chi connectivity index (χ1v) is 7.80. The first-order chi connectivity index (χ1) is 11.2. The standard InChI is InChI=1S/C17H21N3O3/c1-13-11-18-17(19-13)15-12-22-10-8-20(15)16(21)7-9-23-14-5-3-2-4-6-14/h2-6,11,15H,7-10,12H2,1H3,(H,18,19). The lowest BCUT2D eigenvalue weighted by Crippen LogP contribution is -2.44. The molecular formula is C17H21N3O3. The lowest BCUT2D eigenvalue weighted by atomic mass is 10.2. The number of carbonyl (C=O) groups is 1. The van der Waals surface area contributed by atoms with Crippen LogP contribution in [0, 0.1) is 6.92 Å². The topological polar surface area (TPSA) is 67.4 Å². The van der Waals surface area contributed by atoms with Gasteiger partial charge in [-0.3, -0.25) is 4.79 Å². The van der Waals surface area contributed by atoms with Crippen LogP contribution in [0.4, 0.5) is 0 Å². The Balaban J connectivity index is 1.58. The van der Waals surface area contributed by atoms with Gasteiger partial charge >= 0.3 is 0 Å². The summed E-state index contributed by atoms with van der Waals surface area (Å²) in [5.74, 6) is 1.61. The molecule has 1 aromatic carbocycles. The lowest BCUT2D eigenvalue weighted by Gasteiger charge is -2.34. The Bertz CT molecular complexity index is 642. The molecule has 0 radical (unpaired) electrons. The van der Waals surface area contributed by atoms with Gasteiger partial charge in [-0.15, -0.1) is 0 Å². The van der Waals surface area contributed by atoms with E-state index in [-0.39, 0.29) is 11.9 Å². The van der Waals surface area contributed by atoms with Gasteiger partial charge in [-0.1, -0.05) is 18.2 Å². The van der Waals surface area contributed by atoms with Crippen LogP contribution in [-0.2, 0) is 9.53 Å². The molecule has 0 saturated carbocycles. The molecule has 0 aliphatic carbocycles. The van der Waals surface area contributed by atoms with Crippen LogP contribution in [-0.4, -0.2) is 47.1 Å². The molecule has 1 fully saturated rings. The number of rotatable bonds is 5. The quantitative estimate of drug-likeness (QED) is 0.917. The predicted molar refractivity (Wildman–Crippen MR) is 85.2 cm³/mol. The molecule has 1 aliphatic rings. The van der Waals surface area contributed by atoms with E-state index >= 15 is 0 Å². The van der Waals surface area contributed by atoms with Crippen molar-refractivity contribution in [1.29, 1.82) is 0 Å². The van der Waals surface area contributed by atoms with Gasteiger partial charge < -0.3 is 19.4 Å². The number of aromatic nitrogens is 2. The molecule has 2 aromatic rings. The van der Waals surface area contributed by atoms with Crippen molar-refractivity contribution in [3.05, 3.63) is 48.0 Å². The minimum atomic E-state index is -0.151. The summed E-state index contributed by atoms with van der Waals surface area (Å²) in [7, 11) is 0. The van der Waals surface area contributed by atoms with Crippen LogP contribution in [0.25, 0.3) is 0 Å². The van der Waals surface area contributed by atoms with Gasteiger partial charge in [-0.25, -0.2) is 4.98 Å². The van der Waals surface area contributed by atoms with Crippen molar-refractivity contribution in [2.75, 3.05) is 26.4 Å². The Morgan fingerprint density at radius 2 is 2.26 bits per heavy atom. The summed E-state index contributed by atoms with van der Waals surface area (Å²) in [5, 5.41) is 0. The third-order valence-corrected chi connectivity index (χ3v) is 3.81. The molecule has 6 nitrogen and oxygen atoms in total. The van der Waals surface area contributed by atoms with E-state index in [9.17, 15) is 4.79 Å². The molecule has 122 valence electrons. The minimum absolute atomic E-state index is 0.0586. The molecular weight excluding hydrogens is 294 g/mol. The molecule has 1 atom stereocenters. The fourth-order valence-electron chi connectivity index (χ4n) is 2.65. The number of carbonyl (C=O) groups excluding carboxylic acids is 1. The molecule has 1 saturated heterocycles. The largest absolute Gasteiger partial charge is 0.493 e.